The van der Waals surface area contributed by atoms with Crippen molar-refractivity contribution in [3.05, 3.63) is 70.3 Å². The molecule has 0 spiro atoms. The van der Waals surface area contributed by atoms with Crippen molar-refractivity contribution < 1.29 is 31.8 Å². The van der Waals surface area contributed by atoms with Gasteiger partial charge in [-0.25, -0.2) is 13.2 Å². The Labute approximate surface area is 216 Å². The van der Waals surface area contributed by atoms with Crippen molar-refractivity contribution in [1.29, 1.82) is 0 Å². The van der Waals surface area contributed by atoms with E-state index < -0.39 is 29.6 Å². The van der Waals surface area contributed by atoms with E-state index in [1.165, 1.54) is 18.2 Å². The molecule has 4 rings (SSSR count). The van der Waals surface area contributed by atoms with E-state index in [2.05, 4.69) is 6.92 Å². The summed E-state index contributed by atoms with van der Waals surface area (Å²) in [7, 11) is 0. The van der Waals surface area contributed by atoms with Gasteiger partial charge in [-0.2, -0.15) is 4.39 Å². The lowest BCUT2D eigenvalue weighted by molar-refractivity contribution is -0.203. The van der Waals surface area contributed by atoms with E-state index in [0.717, 1.165) is 32.1 Å². The first-order valence-electron chi connectivity index (χ1n) is 13.4. The van der Waals surface area contributed by atoms with Crippen LogP contribution in [0.25, 0.3) is 6.08 Å². The summed E-state index contributed by atoms with van der Waals surface area (Å²) in [5.74, 6) is -3.39. The monoisotopic (exact) mass is 520 g/mol. The Morgan fingerprint density at radius 1 is 0.838 bits per heavy atom. The number of rotatable bonds is 9. The molecule has 7 heteroatoms. The van der Waals surface area contributed by atoms with Gasteiger partial charge in [-0.1, -0.05) is 57.0 Å². The minimum Gasteiger partial charge on any atom is -0.490 e. The fourth-order valence-electron chi connectivity index (χ4n) is 5.04. The molecule has 1 saturated carbocycles. The third-order valence-electron chi connectivity index (χ3n) is 7.30. The van der Waals surface area contributed by atoms with Gasteiger partial charge in [-0.3, -0.25) is 0 Å². The summed E-state index contributed by atoms with van der Waals surface area (Å²) in [5.41, 5.74) is 0.606. The predicted molar refractivity (Wildman–Crippen MR) is 135 cm³/mol. The largest absolute Gasteiger partial charge is 0.490 e. The minimum absolute atomic E-state index is 0.0366. The third kappa shape index (κ3) is 6.74. The predicted octanol–water partition coefficient (Wildman–Crippen LogP) is 8.48. The highest BCUT2D eigenvalue weighted by atomic mass is 19.2. The molecule has 2 aliphatic rings. The number of halogens is 4. The summed E-state index contributed by atoms with van der Waals surface area (Å²) in [5, 5.41) is 0. The molecule has 0 amide bonds. The first kappa shape index (κ1) is 27.6. The molecule has 1 heterocycles. The maximum absolute atomic E-state index is 14.8. The van der Waals surface area contributed by atoms with Crippen LogP contribution in [0.15, 0.2) is 30.3 Å². The Kier molecular flexibility index (Phi) is 9.65. The number of hydrogen-bond acceptors (Lipinski definition) is 3. The van der Waals surface area contributed by atoms with Gasteiger partial charge in [0.1, 0.15) is 0 Å². The minimum atomic E-state index is -0.958. The van der Waals surface area contributed by atoms with Gasteiger partial charge < -0.3 is 14.2 Å². The average Bonchev–Trinajstić information content (AvgIpc) is 2.91. The van der Waals surface area contributed by atoms with Crippen LogP contribution in [-0.4, -0.2) is 19.8 Å². The second kappa shape index (κ2) is 12.9. The molecule has 0 N–H and O–H groups in total. The topological polar surface area (TPSA) is 27.7 Å². The SMILES string of the molecule is CCCCCOc1ccc(C2CCC(/C=C/c3ccc(C4OCC(C)CO4)c(F)c3F)CC2)c(F)c1F. The van der Waals surface area contributed by atoms with E-state index in [-0.39, 0.29) is 34.6 Å². The van der Waals surface area contributed by atoms with E-state index in [1.54, 1.807) is 12.1 Å². The molecule has 0 aromatic heterocycles. The smallest absolute Gasteiger partial charge is 0.200 e. The van der Waals surface area contributed by atoms with Crippen molar-refractivity contribution in [2.45, 2.75) is 71.0 Å². The Bertz CT molecular complexity index is 1070. The normalized spacial score (nSPS) is 24.5. The maximum Gasteiger partial charge on any atom is 0.200 e. The lowest BCUT2D eigenvalue weighted by atomic mass is 9.78. The zero-order valence-corrected chi connectivity index (χ0v) is 21.6. The van der Waals surface area contributed by atoms with Gasteiger partial charge in [0.25, 0.3) is 0 Å². The summed E-state index contributed by atoms with van der Waals surface area (Å²) in [6.45, 7) is 5.27. The van der Waals surface area contributed by atoms with E-state index in [4.69, 9.17) is 14.2 Å². The maximum atomic E-state index is 14.8. The zero-order chi connectivity index (χ0) is 26.4. The molecule has 0 bridgehead atoms. The Morgan fingerprint density at radius 2 is 1.51 bits per heavy atom. The Balaban J connectivity index is 1.34. The van der Waals surface area contributed by atoms with E-state index in [1.807, 2.05) is 13.0 Å². The molecule has 2 aromatic rings. The molecule has 37 heavy (non-hydrogen) atoms. The van der Waals surface area contributed by atoms with Crippen LogP contribution in [0.1, 0.15) is 87.7 Å². The zero-order valence-electron chi connectivity index (χ0n) is 21.6. The third-order valence-corrected chi connectivity index (χ3v) is 7.30. The quantitative estimate of drug-likeness (QED) is 0.245. The molecular formula is C30H36F4O3. The van der Waals surface area contributed by atoms with Gasteiger partial charge in [0.15, 0.2) is 29.5 Å². The second-order valence-electron chi connectivity index (χ2n) is 10.3. The van der Waals surface area contributed by atoms with Crippen molar-refractivity contribution >= 4 is 6.08 Å². The fraction of sp³-hybridized carbons (Fsp3) is 0.533. The molecule has 2 fully saturated rings. The van der Waals surface area contributed by atoms with Crippen LogP contribution < -0.4 is 4.74 Å². The Hall–Kier alpha value is -2.38. The molecule has 0 atom stereocenters. The summed E-state index contributed by atoms with van der Waals surface area (Å²) < 4.78 is 75.2. The van der Waals surface area contributed by atoms with E-state index in [9.17, 15) is 17.6 Å². The van der Waals surface area contributed by atoms with Gasteiger partial charge in [0.05, 0.1) is 19.8 Å². The molecule has 3 nitrogen and oxygen atoms in total. The molecule has 2 aromatic carbocycles. The number of hydrogen-bond donors (Lipinski definition) is 0. The van der Waals surface area contributed by atoms with Crippen LogP contribution in [-0.2, 0) is 9.47 Å². The second-order valence-corrected chi connectivity index (χ2v) is 10.3. The van der Waals surface area contributed by atoms with Crippen LogP contribution >= 0.6 is 0 Å². The van der Waals surface area contributed by atoms with Crippen LogP contribution in [0, 0.1) is 35.1 Å². The van der Waals surface area contributed by atoms with Crippen molar-refractivity contribution in [2.75, 3.05) is 19.8 Å². The van der Waals surface area contributed by atoms with Gasteiger partial charge in [0, 0.05) is 17.0 Å². The molecule has 202 valence electrons. The lowest BCUT2D eigenvalue weighted by Gasteiger charge is -2.28. The van der Waals surface area contributed by atoms with Crippen molar-refractivity contribution in [2.24, 2.45) is 11.8 Å². The summed E-state index contributed by atoms with van der Waals surface area (Å²) in [6, 6.07) is 6.19. The van der Waals surface area contributed by atoms with Crippen LogP contribution in [0.2, 0.25) is 0 Å². The molecular weight excluding hydrogens is 484 g/mol. The molecule has 0 unspecified atom stereocenters. The summed E-state index contributed by atoms with van der Waals surface area (Å²) >= 11 is 0. The summed E-state index contributed by atoms with van der Waals surface area (Å²) in [4.78, 5) is 0. The highest BCUT2D eigenvalue weighted by Crippen LogP contribution is 2.39. The molecule has 1 aliphatic carbocycles. The first-order valence-corrected chi connectivity index (χ1v) is 13.4. The highest BCUT2D eigenvalue weighted by molar-refractivity contribution is 5.51. The van der Waals surface area contributed by atoms with Crippen molar-refractivity contribution in [1.82, 2.24) is 0 Å². The standard InChI is InChI=1S/C30H36F4O3/c1-3-4-5-16-35-25-15-14-23(27(32)29(25)34)21-9-6-20(7-10-21)8-11-22-12-13-24(28(33)26(22)31)30-36-17-19(2)18-37-30/h8,11-15,19-21,30H,3-7,9-10,16-18H2,1-2H3/b11-8+. The van der Waals surface area contributed by atoms with Crippen LogP contribution in [0.5, 0.6) is 5.75 Å². The number of unbranched alkanes of at least 4 members (excludes halogenated alkanes) is 2. The van der Waals surface area contributed by atoms with E-state index >= 15 is 0 Å². The average molecular weight is 521 g/mol. The molecule has 1 aliphatic heterocycles. The number of benzene rings is 2. The van der Waals surface area contributed by atoms with Crippen molar-refractivity contribution in [3.8, 4) is 5.75 Å². The van der Waals surface area contributed by atoms with Crippen LogP contribution in [0.3, 0.4) is 0 Å². The van der Waals surface area contributed by atoms with E-state index in [0.29, 0.717) is 38.2 Å². The van der Waals surface area contributed by atoms with Gasteiger partial charge in [-0.05, 0) is 55.6 Å². The first-order chi connectivity index (χ1) is 17.9. The molecule has 1 saturated heterocycles. The van der Waals surface area contributed by atoms with Crippen molar-refractivity contribution in [3.63, 3.8) is 0 Å². The fourth-order valence-corrected chi connectivity index (χ4v) is 5.04. The van der Waals surface area contributed by atoms with Gasteiger partial charge in [0.2, 0.25) is 5.82 Å². The highest BCUT2D eigenvalue weighted by Gasteiger charge is 2.27. The lowest BCUT2D eigenvalue weighted by Crippen LogP contribution is -2.25. The molecule has 0 radical (unpaired) electrons. The van der Waals surface area contributed by atoms with Gasteiger partial charge >= 0.3 is 0 Å². The van der Waals surface area contributed by atoms with Gasteiger partial charge in [-0.15, -0.1) is 0 Å². The number of ether oxygens (including phenoxy) is 3. The number of allylic oxidation sites excluding steroid dienone is 1. The Morgan fingerprint density at radius 3 is 2.22 bits per heavy atom. The summed E-state index contributed by atoms with van der Waals surface area (Å²) in [6.07, 6.45) is 8.28. The van der Waals surface area contributed by atoms with Crippen LogP contribution in [0.4, 0.5) is 17.6 Å².